The van der Waals surface area contributed by atoms with Gasteiger partial charge in [0.15, 0.2) is 0 Å². The van der Waals surface area contributed by atoms with E-state index in [0.717, 1.165) is 10.0 Å². The molecule has 1 aliphatic carbocycles. The first kappa shape index (κ1) is 25.3. The lowest BCUT2D eigenvalue weighted by Gasteiger charge is -2.22. The van der Waals surface area contributed by atoms with Crippen LogP contribution in [0.15, 0.2) is 47.4 Å². The number of nitrogens with zero attached hydrogens (tertiary/aromatic N) is 4. The maximum atomic E-state index is 13.0. The smallest absolute Gasteiger partial charge is 0.263 e. The van der Waals surface area contributed by atoms with Gasteiger partial charge in [-0.3, -0.25) is 14.4 Å². The summed E-state index contributed by atoms with van der Waals surface area (Å²) < 4.78 is 32.3. The van der Waals surface area contributed by atoms with E-state index in [9.17, 15) is 18.0 Å². The van der Waals surface area contributed by atoms with Gasteiger partial charge in [0.05, 0.1) is 18.7 Å². The molecule has 1 N–H and O–H groups in total. The zero-order valence-corrected chi connectivity index (χ0v) is 20.8. The monoisotopic (exact) mass is 511 g/mol. The van der Waals surface area contributed by atoms with E-state index >= 15 is 0 Å². The first-order chi connectivity index (χ1) is 17.1. The number of ether oxygens (including phenoxy) is 1. The van der Waals surface area contributed by atoms with Crippen LogP contribution in [-0.4, -0.2) is 53.9 Å². The molecule has 0 bridgehead atoms. The fourth-order valence-electron chi connectivity index (χ4n) is 3.83. The first-order valence-corrected chi connectivity index (χ1v) is 12.5. The molecule has 2 heterocycles. The Kier molecular flexibility index (Phi) is 6.81. The summed E-state index contributed by atoms with van der Waals surface area (Å²) in [6, 6.07) is 11.9. The van der Waals surface area contributed by atoms with Crippen LogP contribution in [0.25, 0.3) is 10.9 Å². The zero-order chi connectivity index (χ0) is 26.1. The van der Waals surface area contributed by atoms with Gasteiger partial charge < -0.3 is 14.6 Å². The third kappa shape index (κ3) is 4.56. The molecule has 4 rings (SSSR count). The van der Waals surface area contributed by atoms with Gasteiger partial charge in [-0.15, -0.1) is 0 Å². The first-order valence-electron chi connectivity index (χ1n) is 11.0. The second kappa shape index (κ2) is 9.69. The Bertz CT molecular complexity index is 1520. The molecule has 0 radical (unpaired) electrons. The molecular weight excluding hydrogens is 486 g/mol. The number of rotatable bonds is 9. The molecule has 11 nitrogen and oxygen atoms in total. The van der Waals surface area contributed by atoms with Gasteiger partial charge in [0.1, 0.15) is 22.4 Å². The van der Waals surface area contributed by atoms with E-state index in [1.54, 1.807) is 30.3 Å². The topological polar surface area (TPSA) is 144 Å². The Morgan fingerprint density at radius 1 is 1.28 bits per heavy atom. The van der Waals surface area contributed by atoms with Gasteiger partial charge in [0, 0.05) is 32.2 Å². The van der Waals surface area contributed by atoms with Gasteiger partial charge in [0.2, 0.25) is 15.9 Å². The number of nitriles is 1. The molecule has 0 aliphatic heterocycles. The second-order valence-corrected chi connectivity index (χ2v) is 10.9. The molecule has 3 aromatic rings. The van der Waals surface area contributed by atoms with Crippen molar-refractivity contribution in [2.75, 3.05) is 20.8 Å². The van der Waals surface area contributed by atoms with E-state index in [0.29, 0.717) is 29.3 Å². The van der Waals surface area contributed by atoms with Crippen molar-refractivity contribution in [3.8, 4) is 11.9 Å². The molecule has 0 spiro atoms. The molecule has 1 amide bonds. The molecule has 36 heavy (non-hydrogen) atoms. The number of aromatic nitrogens is 2. The van der Waals surface area contributed by atoms with Gasteiger partial charge in [0.25, 0.3) is 11.5 Å². The number of carbonyl (C=O) groups is 1. The fourth-order valence-corrected chi connectivity index (χ4v) is 5.40. The summed E-state index contributed by atoms with van der Waals surface area (Å²) >= 11 is 0. The van der Waals surface area contributed by atoms with E-state index in [-0.39, 0.29) is 24.6 Å². The highest BCUT2D eigenvalue weighted by Crippen LogP contribution is 2.45. The van der Waals surface area contributed by atoms with E-state index in [2.05, 4.69) is 10.3 Å². The largest absolute Gasteiger partial charge is 0.474 e. The molecule has 2 aromatic heterocycles. The molecule has 12 heteroatoms. The van der Waals surface area contributed by atoms with Gasteiger partial charge in [-0.2, -0.15) is 5.26 Å². The molecule has 1 aliphatic rings. The molecule has 0 saturated heterocycles. The number of hydroxylamine groups is 1. The third-order valence-corrected chi connectivity index (χ3v) is 8.74. The summed E-state index contributed by atoms with van der Waals surface area (Å²) in [5.74, 6) is -0.454. The summed E-state index contributed by atoms with van der Waals surface area (Å²) in [5.41, 5.74) is 1.03. The quantitative estimate of drug-likeness (QED) is 0.426. The lowest BCUT2D eigenvalue weighted by molar-refractivity contribution is -0.0276. The van der Waals surface area contributed by atoms with Crippen LogP contribution in [0.3, 0.4) is 0 Å². The Morgan fingerprint density at radius 2 is 1.97 bits per heavy atom. The van der Waals surface area contributed by atoms with Crippen LogP contribution < -0.4 is 15.6 Å². The number of nitrogens with one attached hydrogen (secondary N) is 1. The third-order valence-electron chi connectivity index (χ3n) is 6.30. The van der Waals surface area contributed by atoms with Crippen LogP contribution in [0.2, 0.25) is 0 Å². The predicted molar refractivity (Wildman–Crippen MR) is 130 cm³/mol. The SMILES string of the molecule is CON(C)S(=O)(=O)C1(COc2nccc3cc(C(=O)NCc4ccc(C#N)cc4)c(=O)n(C)c23)CC1. The van der Waals surface area contributed by atoms with Crippen molar-refractivity contribution in [1.82, 2.24) is 19.3 Å². The van der Waals surface area contributed by atoms with Crippen molar-refractivity contribution in [2.45, 2.75) is 24.1 Å². The highest BCUT2D eigenvalue weighted by atomic mass is 32.2. The summed E-state index contributed by atoms with van der Waals surface area (Å²) in [6.07, 6.45) is 2.29. The number of hydrogen-bond acceptors (Lipinski definition) is 8. The number of sulfonamides is 1. The lowest BCUT2D eigenvalue weighted by Crippen LogP contribution is -2.40. The van der Waals surface area contributed by atoms with Crippen LogP contribution in [0.1, 0.15) is 34.3 Å². The van der Waals surface area contributed by atoms with Crippen molar-refractivity contribution < 1.29 is 22.8 Å². The van der Waals surface area contributed by atoms with Crippen molar-refractivity contribution >= 4 is 26.8 Å². The van der Waals surface area contributed by atoms with E-state index < -0.39 is 26.2 Å². The van der Waals surface area contributed by atoms with Crippen molar-refractivity contribution in [3.63, 3.8) is 0 Å². The Hall–Kier alpha value is -3.79. The standard InChI is InChI=1S/C24H25N5O6S/c1-28-20-18(8-11-26-22(20)35-15-24(9-10-24)36(32,33)29(2)34-3)12-19(23(28)31)21(30)27-14-17-6-4-16(13-25)5-7-17/h4-8,11-12H,9-10,14-15H2,1-3H3,(H,27,30). The van der Waals surface area contributed by atoms with Crippen molar-refractivity contribution in [2.24, 2.45) is 7.05 Å². The summed E-state index contributed by atoms with van der Waals surface area (Å²) in [5, 5.41) is 12.2. The molecule has 1 aromatic carbocycles. The maximum absolute atomic E-state index is 13.0. The fraction of sp³-hybridized carbons (Fsp3) is 0.333. The minimum atomic E-state index is -3.75. The highest BCUT2D eigenvalue weighted by molar-refractivity contribution is 7.90. The summed E-state index contributed by atoms with van der Waals surface area (Å²) in [4.78, 5) is 34.9. The highest BCUT2D eigenvalue weighted by Gasteiger charge is 2.57. The maximum Gasteiger partial charge on any atom is 0.263 e. The molecule has 1 fully saturated rings. The normalized spacial score (nSPS) is 14.4. The van der Waals surface area contributed by atoms with Crippen LogP contribution in [0.4, 0.5) is 0 Å². The lowest BCUT2D eigenvalue weighted by atomic mass is 10.1. The Labute approximate surface area is 207 Å². The van der Waals surface area contributed by atoms with Crippen molar-refractivity contribution in [1.29, 1.82) is 5.26 Å². The van der Waals surface area contributed by atoms with Crippen LogP contribution in [-0.2, 0) is 28.5 Å². The summed E-state index contributed by atoms with van der Waals surface area (Å²) in [6.45, 7) is 0.0269. The predicted octanol–water partition coefficient (Wildman–Crippen LogP) is 1.47. The Balaban J connectivity index is 1.57. The van der Waals surface area contributed by atoms with Gasteiger partial charge >= 0.3 is 0 Å². The van der Waals surface area contributed by atoms with E-state index in [1.807, 2.05) is 6.07 Å². The zero-order valence-electron chi connectivity index (χ0n) is 20.0. The minimum absolute atomic E-state index is 0.0567. The average Bonchev–Trinajstić information content (AvgIpc) is 3.69. The molecular formula is C24H25N5O6S. The molecule has 188 valence electrons. The molecule has 0 unspecified atom stereocenters. The molecule has 1 saturated carbocycles. The summed E-state index contributed by atoms with van der Waals surface area (Å²) in [7, 11) is 0.345. The number of benzene rings is 1. The number of amides is 1. The van der Waals surface area contributed by atoms with Gasteiger partial charge in [-0.25, -0.2) is 13.4 Å². The second-order valence-electron chi connectivity index (χ2n) is 8.54. The van der Waals surface area contributed by atoms with Gasteiger partial charge in [-0.05, 0) is 42.7 Å². The van der Waals surface area contributed by atoms with Crippen LogP contribution in [0, 0.1) is 11.3 Å². The van der Waals surface area contributed by atoms with Crippen LogP contribution >= 0.6 is 0 Å². The van der Waals surface area contributed by atoms with E-state index in [1.165, 1.54) is 38.0 Å². The van der Waals surface area contributed by atoms with Crippen LogP contribution in [0.5, 0.6) is 5.88 Å². The molecule has 0 atom stereocenters. The number of pyridine rings is 2. The number of hydrogen-bond donors (Lipinski definition) is 1. The number of carbonyl (C=O) groups excluding carboxylic acids is 1. The minimum Gasteiger partial charge on any atom is -0.474 e. The average molecular weight is 512 g/mol. The number of fused-ring (bicyclic) bond motifs is 1. The number of aryl methyl sites for hydroxylation is 1. The Morgan fingerprint density at radius 3 is 2.58 bits per heavy atom. The van der Waals surface area contributed by atoms with Crippen molar-refractivity contribution in [3.05, 3.63) is 69.6 Å². The van der Waals surface area contributed by atoms with E-state index in [4.69, 9.17) is 14.8 Å². The van der Waals surface area contributed by atoms with Gasteiger partial charge in [-0.1, -0.05) is 16.6 Å².